The first-order valence-corrected chi connectivity index (χ1v) is 5.25. The standard InChI is InChI=1S/C11H19N3O/c1-13(2)10(15)8-14(3)9-11(4-5-11)6-7-12/h4-6,8-9H2,1-3H3. The zero-order chi connectivity index (χ0) is 11.5. The highest BCUT2D eigenvalue weighted by atomic mass is 16.2. The largest absolute Gasteiger partial charge is 0.348 e. The summed E-state index contributed by atoms with van der Waals surface area (Å²) in [5.74, 6) is 0.116. The molecule has 0 saturated heterocycles. The molecule has 1 fully saturated rings. The molecule has 4 nitrogen and oxygen atoms in total. The average Bonchev–Trinajstić information content (AvgIpc) is 2.84. The fourth-order valence-electron chi connectivity index (χ4n) is 1.74. The van der Waals surface area contributed by atoms with E-state index in [9.17, 15) is 4.79 Å². The number of likely N-dealkylation sites (N-methyl/N-ethyl adjacent to an activating group) is 2. The second-order valence-corrected chi connectivity index (χ2v) is 4.80. The van der Waals surface area contributed by atoms with Crippen LogP contribution in [-0.4, -0.2) is 49.9 Å². The highest BCUT2D eigenvalue weighted by Gasteiger charge is 2.43. The van der Waals surface area contributed by atoms with Gasteiger partial charge in [-0.2, -0.15) is 5.26 Å². The van der Waals surface area contributed by atoms with E-state index in [0.29, 0.717) is 13.0 Å². The van der Waals surface area contributed by atoms with Crippen molar-refractivity contribution >= 4 is 5.91 Å². The van der Waals surface area contributed by atoms with Gasteiger partial charge in [0.2, 0.25) is 5.91 Å². The molecule has 0 aromatic carbocycles. The van der Waals surface area contributed by atoms with Crippen molar-refractivity contribution in [1.29, 1.82) is 5.26 Å². The molecule has 0 bridgehead atoms. The van der Waals surface area contributed by atoms with Crippen LogP contribution >= 0.6 is 0 Å². The Morgan fingerprint density at radius 2 is 2.00 bits per heavy atom. The van der Waals surface area contributed by atoms with Crippen molar-refractivity contribution in [1.82, 2.24) is 9.80 Å². The van der Waals surface area contributed by atoms with Crippen LogP contribution in [-0.2, 0) is 4.79 Å². The third-order valence-electron chi connectivity index (χ3n) is 2.92. The van der Waals surface area contributed by atoms with Crippen molar-refractivity contribution in [2.24, 2.45) is 5.41 Å². The van der Waals surface area contributed by atoms with Crippen LogP contribution in [0.4, 0.5) is 0 Å². The molecule has 4 heteroatoms. The van der Waals surface area contributed by atoms with E-state index in [-0.39, 0.29) is 11.3 Å². The first kappa shape index (κ1) is 12.0. The van der Waals surface area contributed by atoms with Crippen LogP contribution in [0.3, 0.4) is 0 Å². The maximum atomic E-state index is 11.4. The number of hydrogen-bond donors (Lipinski definition) is 0. The maximum Gasteiger partial charge on any atom is 0.236 e. The van der Waals surface area contributed by atoms with Gasteiger partial charge in [-0.05, 0) is 25.3 Å². The number of nitrogens with zero attached hydrogens (tertiary/aromatic N) is 3. The van der Waals surface area contributed by atoms with Gasteiger partial charge in [0.05, 0.1) is 12.6 Å². The van der Waals surface area contributed by atoms with Gasteiger partial charge < -0.3 is 4.90 Å². The summed E-state index contributed by atoms with van der Waals surface area (Å²) in [5.41, 5.74) is 0.191. The molecule has 0 heterocycles. The molecule has 84 valence electrons. The van der Waals surface area contributed by atoms with Gasteiger partial charge >= 0.3 is 0 Å². The molecule has 0 aromatic rings. The fourth-order valence-corrected chi connectivity index (χ4v) is 1.74. The van der Waals surface area contributed by atoms with Crippen molar-refractivity contribution < 1.29 is 4.79 Å². The summed E-state index contributed by atoms with van der Waals surface area (Å²) >= 11 is 0. The summed E-state index contributed by atoms with van der Waals surface area (Å²) < 4.78 is 0. The lowest BCUT2D eigenvalue weighted by Gasteiger charge is -2.22. The number of nitriles is 1. The van der Waals surface area contributed by atoms with Crippen molar-refractivity contribution in [3.63, 3.8) is 0 Å². The molecule has 1 rings (SSSR count). The number of hydrogen-bond acceptors (Lipinski definition) is 3. The van der Waals surface area contributed by atoms with Gasteiger partial charge in [-0.1, -0.05) is 0 Å². The first-order valence-electron chi connectivity index (χ1n) is 5.25. The van der Waals surface area contributed by atoms with Crippen LogP contribution in [0.2, 0.25) is 0 Å². The van der Waals surface area contributed by atoms with Crippen LogP contribution in [0.5, 0.6) is 0 Å². The van der Waals surface area contributed by atoms with Gasteiger partial charge in [0.15, 0.2) is 0 Å². The van der Waals surface area contributed by atoms with Crippen LogP contribution in [0, 0.1) is 16.7 Å². The molecular weight excluding hydrogens is 190 g/mol. The summed E-state index contributed by atoms with van der Waals surface area (Å²) in [6.07, 6.45) is 2.87. The van der Waals surface area contributed by atoms with Gasteiger partial charge in [-0.15, -0.1) is 0 Å². The minimum absolute atomic E-state index is 0.116. The number of carbonyl (C=O) groups is 1. The Morgan fingerprint density at radius 1 is 1.40 bits per heavy atom. The molecule has 0 aromatic heterocycles. The molecule has 15 heavy (non-hydrogen) atoms. The van der Waals surface area contributed by atoms with Crippen LogP contribution < -0.4 is 0 Å². The number of amides is 1. The van der Waals surface area contributed by atoms with E-state index in [1.165, 1.54) is 0 Å². The monoisotopic (exact) mass is 209 g/mol. The van der Waals surface area contributed by atoms with Gasteiger partial charge in [-0.25, -0.2) is 0 Å². The fraction of sp³-hybridized carbons (Fsp3) is 0.818. The summed E-state index contributed by atoms with van der Waals surface area (Å²) in [7, 11) is 5.47. The lowest BCUT2D eigenvalue weighted by molar-refractivity contribution is -0.129. The molecular formula is C11H19N3O. The highest BCUT2D eigenvalue weighted by Crippen LogP contribution is 2.48. The average molecular weight is 209 g/mol. The predicted octanol–water partition coefficient (Wildman–Crippen LogP) is 0.700. The van der Waals surface area contributed by atoms with E-state index in [0.717, 1.165) is 19.4 Å². The van der Waals surface area contributed by atoms with Crippen molar-refractivity contribution in [3.05, 3.63) is 0 Å². The van der Waals surface area contributed by atoms with E-state index < -0.39 is 0 Å². The SMILES string of the molecule is CN(CC(=O)N(C)C)CC1(CC#N)CC1. The van der Waals surface area contributed by atoms with E-state index in [2.05, 4.69) is 6.07 Å². The Labute approximate surface area is 91.5 Å². The van der Waals surface area contributed by atoms with Gasteiger partial charge in [0.1, 0.15) is 0 Å². The summed E-state index contributed by atoms with van der Waals surface area (Å²) in [6.45, 7) is 1.31. The van der Waals surface area contributed by atoms with Crippen molar-refractivity contribution in [3.8, 4) is 6.07 Å². The van der Waals surface area contributed by atoms with Crippen LogP contribution in [0.15, 0.2) is 0 Å². The van der Waals surface area contributed by atoms with E-state index in [1.807, 2.05) is 11.9 Å². The molecule has 0 radical (unpaired) electrons. The lowest BCUT2D eigenvalue weighted by atomic mass is 10.0. The van der Waals surface area contributed by atoms with Crippen LogP contribution in [0.25, 0.3) is 0 Å². The van der Waals surface area contributed by atoms with Crippen LogP contribution in [0.1, 0.15) is 19.3 Å². The minimum Gasteiger partial charge on any atom is -0.348 e. The topological polar surface area (TPSA) is 47.3 Å². The molecule has 0 unspecified atom stereocenters. The Morgan fingerprint density at radius 3 is 2.40 bits per heavy atom. The molecule has 1 aliphatic rings. The van der Waals surface area contributed by atoms with Gasteiger partial charge in [-0.3, -0.25) is 9.69 Å². The van der Waals surface area contributed by atoms with Crippen molar-refractivity contribution in [2.45, 2.75) is 19.3 Å². The number of carbonyl (C=O) groups excluding carboxylic acids is 1. The van der Waals surface area contributed by atoms with E-state index in [1.54, 1.807) is 19.0 Å². The zero-order valence-corrected chi connectivity index (χ0v) is 9.79. The smallest absolute Gasteiger partial charge is 0.236 e. The highest BCUT2D eigenvalue weighted by molar-refractivity contribution is 5.77. The maximum absolute atomic E-state index is 11.4. The first-order chi connectivity index (χ1) is 6.99. The molecule has 0 atom stereocenters. The second-order valence-electron chi connectivity index (χ2n) is 4.80. The van der Waals surface area contributed by atoms with Gasteiger partial charge in [0.25, 0.3) is 0 Å². The molecule has 0 spiro atoms. The van der Waals surface area contributed by atoms with Crippen molar-refractivity contribution in [2.75, 3.05) is 34.2 Å². The van der Waals surface area contributed by atoms with E-state index in [4.69, 9.17) is 5.26 Å². The third-order valence-corrected chi connectivity index (χ3v) is 2.92. The Bertz CT molecular complexity index is 276. The summed E-state index contributed by atoms with van der Waals surface area (Å²) in [6, 6.07) is 2.23. The Kier molecular flexibility index (Phi) is 3.70. The normalized spacial score (nSPS) is 17.3. The summed E-state index contributed by atoms with van der Waals surface area (Å²) in [5, 5.41) is 8.68. The second kappa shape index (κ2) is 4.63. The summed E-state index contributed by atoms with van der Waals surface area (Å²) in [4.78, 5) is 15.1. The molecule has 0 N–H and O–H groups in total. The number of rotatable bonds is 5. The molecule has 1 amide bonds. The third kappa shape index (κ3) is 3.52. The quantitative estimate of drug-likeness (QED) is 0.669. The predicted molar refractivity (Wildman–Crippen MR) is 58.1 cm³/mol. The van der Waals surface area contributed by atoms with E-state index >= 15 is 0 Å². The van der Waals surface area contributed by atoms with Gasteiger partial charge in [0, 0.05) is 27.1 Å². The molecule has 1 aliphatic carbocycles. The molecule has 0 aliphatic heterocycles. The Hall–Kier alpha value is -1.08. The Balaban J connectivity index is 2.33. The molecule has 1 saturated carbocycles. The zero-order valence-electron chi connectivity index (χ0n) is 9.79. The minimum atomic E-state index is 0.116. The lowest BCUT2D eigenvalue weighted by Crippen LogP contribution is -2.37.